The van der Waals surface area contributed by atoms with Gasteiger partial charge in [-0.1, -0.05) is 30.3 Å². The summed E-state index contributed by atoms with van der Waals surface area (Å²) in [5.41, 5.74) is 3.12. The fourth-order valence-corrected chi connectivity index (χ4v) is 3.06. The third-order valence-electron chi connectivity index (χ3n) is 4.62. The number of morpholine rings is 1. The average molecular weight is 369 g/mol. The summed E-state index contributed by atoms with van der Waals surface area (Å²) < 4.78 is 10.6. The van der Waals surface area contributed by atoms with Crippen LogP contribution in [0.4, 0.5) is 10.5 Å². The number of rotatable bonds is 7. The summed E-state index contributed by atoms with van der Waals surface area (Å²) in [6.45, 7) is 4.75. The third-order valence-corrected chi connectivity index (χ3v) is 4.62. The molecule has 0 saturated carbocycles. The molecule has 6 nitrogen and oxygen atoms in total. The van der Waals surface area contributed by atoms with Gasteiger partial charge in [-0.2, -0.15) is 0 Å². The van der Waals surface area contributed by atoms with Crippen molar-refractivity contribution >= 4 is 11.7 Å². The van der Waals surface area contributed by atoms with Gasteiger partial charge in [-0.25, -0.2) is 4.79 Å². The highest BCUT2D eigenvalue weighted by Gasteiger charge is 2.13. The van der Waals surface area contributed by atoms with E-state index >= 15 is 0 Å². The molecular weight excluding hydrogens is 342 g/mol. The molecular formula is C21H27N3O3. The van der Waals surface area contributed by atoms with Gasteiger partial charge in [-0.3, -0.25) is 4.90 Å². The Morgan fingerprint density at radius 2 is 1.85 bits per heavy atom. The number of anilines is 1. The van der Waals surface area contributed by atoms with Crippen LogP contribution in [0.2, 0.25) is 0 Å². The van der Waals surface area contributed by atoms with Crippen LogP contribution in [0, 0.1) is 0 Å². The molecule has 0 bridgehead atoms. The van der Waals surface area contributed by atoms with Crippen molar-refractivity contribution < 1.29 is 14.3 Å². The summed E-state index contributed by atoms with van der Waals surface area (Å²) in [7, 11) is 1.65. The van der Waals surface area contributed by atoms with E-state index in [1.165, 1.54) is 0 Å². The normalized spacial score (nSPS) is 14.6. The molecule has 0 aliphatic carbocycles. The summed E-state index contributed by atoms with van der Waals surface area (Å²) in [4.78, 5) is 14.6. The first-order valence-electron chi connectivity index (χ1n) is 9.30. The quantitative estimate of drug-likeness (QED) is 0.788. The van der Waals surface area contributed by atoms with Gasteiger partial charge < -0.3 is 20.1 Å². The molecule has 1 fully saturated rings. The number of benzene rings is 2. The predicted molar refractivity (Wildman–Crippen MR) is 106 cm³/mol. The number of para-hydroxylation sites is 1. The van der Waals surface area contributed by atoms with E-state index in [2.05, 4.69) is 21.6 Å². The largest absolute Gasteiger partial charge is 0.497 e. The smallest absolute Gasteiger partial charge is 0.319 e. The van der Waals surface area contributed by atoms with Gasteiger partial charge in [0, 0.05) is 31.9 Å². The SMILES string of the molecule is COc1ccc(CCNC(=O)Nc2ccccc2CN2CCOCC2)cc1. The second kappa shape index (κ2) is 9.94. The third kappa shape index (κ3) is 5.98. The van der Waals surface area contributed by atoms with Gasteiger partial charge in [0.1, 0.15) is 5.75 Å². The standard InChI is InChI=1S/C21H27N3O3/c1-26-19-8-6-17(7-9-19)10-11-22-21(25)23-20-5-3-2-4-18(20)16-24-12-14-27-15-13-24/h2-9H,10-16H2,1H3,(H2,22,23,25). The number of urea groups is 1. The van der Waals surface area contributed by atoms with Crippen molar-refractivity contribution in [3.8, 4) is 5.75 Å². The first-order valence-corrected chi connectivity index (χ1v) is 9.30. The second-order valence-corrected chi connectivity index (χ2v) is 6.52. The minimum absolute atomic E-state index is 0.182. The van der Waals surface area contributed by atoms with E-state index in [1.54, 1.807) is 7.11 Å². The Balaban J connectivity index is 1.48. The van der Waals surface area contributed by atoms with Crippen LogP contribution in [0.3, 0.4) is 0 Å². The minimum atomic E-state index is -0.182. The van der Waals surface area contributed by atoms with Gasteiger partial charge in [0.25, 0.3) is 0 Å². The minimum Gasteiger partial charge on any atom is -0.497 e. The van der Waals surface area contributed by atoms with Crippen LogP contribution in [0.25, 0.3) is 0 Å². The van der Waals surface area contributed by atoms with Crippen molar-refractivity contribution in [3.05, 3.63) is 59.7 Å². The molecule has 1 aliphatic rings. The highest BCUT2D eigenvalue weighted by Crippen LogP contribution is 2.18. The molecule has 0 atom stereocenters. The van der Waals surface area contributed by atoms with Crippen molar-refractivity contribution in [1.82, 2.24) is 10.2 Å². The van der Waals surface area contributed by atoms with Gasteiger partial charge in [-0.15, -0.1) is 0 Å². The number of nitrogens with zero attached hydrogens (tertiary/aromatic N) is 1. The first kappa shape index (κ1) is 19.2. The number of nitrogens with one attached hydrogen (secondary N) is 2. The maximum absolute atomic E-state index is 12.3. The number of hydrogen-bond donors (Lipinski definition) is 2. The Bertz CT molecular complexity index is 728. The molecule has 6 heteroatoms. The molecule has 0 radical (unpaired) electrons. The number of amides is 2. The van der Waals surface area contributed by atoms with Crippen molar-refractivity contribution in [2.24, 2.45) is 0 Å². The Labute approximate surface area is 160 Å². The lowest BCUT2D eigenvalue weighted by molar-refractivity contribution is 0.0343. The van der Waals surface area contributed by atoms with E-state index in [-0.39, 0.29) is 6.03 Å². The Morgan fingerprint density at radius 1 is 1.11 bits per heavy atom. The molecule has 1 saturated heterocycles. The van der Waals surface area contributed by atoms with Crippen molar-refractivity contribution in [3.63, 3.8) is 0 Å². The van der Waals surface area contributed by atoms with Crippen molar-refractivity contribution in [2.45, 2.75) is 13.0 Å². The zero-order valence-corrected chi connectivity index (χ0v) is 15.7. The molecule has 1 aliphatic heterocycles. The first-order chi connectivity index (χ1) is 13.2. The molecule has 1 heterocycles. The Hall–Kier alpha value is -2.57. The number of carbonyl (C=O) groups is 1. The fraction of sp³-hybridized carbons (Fsp3) is 0.381. The maximum Gasteiger partial charge on any atom is 0.319 e. The number of hydrogen-bond acceptors (Lipinski definition) is 4. The van der Waals surface area contributed by atoms with E-state index in [4.69, 9.17) is 9.47 Å². The number of ether oxygens (including phenoxy) is 2. The van der Waals surface area contributed by atoms with Crippen LogP contribution in [0.5, 0.6) is 5.75 Å². The second-order valence-electron chi connectivity index (χ2n) is 6.52. The topological polar surface area (TPSA) is 62.8 Å². The molecule has 2 aromatic rings. The highest BCUT2D eigenvalue weighted by atomic mass is 16.5. The van der Waals surface area contributed by atoms with E-state index < -0.39 is 0 Å². The van der Waals surface area contributed by atoms with Gasteiger partial charge in [-0.05, 0) is 35.7 Å². The van der Waals surface area contributed by atoms with E-state index in [1.807, 2.05) is 42.5 Å². The summed E-state index contributed by atoms with van der Waals surface area (Å²) in [6, 6.07) is 15.6. The van der Waals surface area contributed by atoms with Crippen LogP contribution in [-0.4, -0.2) is 50.9 Å². The Kier molecular flexibility index (Phi) is 7.07. The molecule has 2 aromatic carbocycles. The van der Waals surface area contributed by atoms with Crippen LogP contribution in [-0.2, 0) is 17.7 Å². The zero-order valence-electron chi connectivity index (χ0n) is 15.7. The molecule has 2 amide bonds. The highest BCUT2D eigenvalue weighted by molar-refractivity contribution is 5.90. The van der Waals surface area contributed by atoms with Crippen molar-refractivity contribution in [1.29, 1.82) is 0 Å². The predicted octanol–water partition coefficient (Wildman–Crippen LogP) is 2.89. The Morgan fingerprint density at radius 3 is 2.59 bits per heavy atom. The van der Waals surface area contributed by atoms with Crippen LogP contribution in [0.1, 0.15) is 11.1 Å². The molecule has 2 N–H and O–H groups in total. The molecule has 27 heavy (non-hydrogen) atoms. The lowest BCUT2D eigenvalue weighted by atomic mass is 10.1. The molecule has 0 spiro atoms. The average Bonchev–Trinajstić information content (AvgIpc) is 2.71. The van der Waals surface area contributed by atoms with Gasteiger partial charge in [0.15, 0.2) is 0 Å². The number of methoxy groups -OCH3 is 1. The van der Waals surface area contributed by atoms with E-state index in [0.717, 1.165) is 61.8 Å². The molecule has 144 valence electrons. The van der Waals surface area contributed by atoms with Crippen LogP contribution < -0.4 is 15.4 Å². The van der Waals surface area contributed by atoms with Gasteiger partial charge >= 0.3 is 6.03 Å². The van der Waals surface area contributed by atoms with Crippen LogP contribution in [0.15, 0.2) is 48.5 Å². The van der Waals surface area contributed by atoms with Gasteiger partial charge in [0.2, 0.25) is 0 Å². The summed E-state index contributed by atoms with van der Waals surface area (Å²) in [5.74, 6) is 0.835. The van der Waals surface area contributed by atoms with E-state index in [0.29, 0.717) is 6.54 Å². The fourth-order valence-electron chi connectivity index (χ4n) is 3.06. The lowest BCUT2D eigenvalue weighted by Gasteiger charge is -2.27. The maximum atomic E-state index is 12.3. The van der Waals surface area contributed by atoms with Crippen LogP contribution >= 0.6 is 0 Å². The molecule has 0 aromatic heterocycles. The molecule has 0 unspecified atom stereocenters. The summed E-state index contributed by atoms with van der Waals surface area (Å²) in [5, 5.41) is 5.90. The van der Waals surface area contributed by atoms with E-state index in [9.17, 15) is 4.79 Å². The zero-order chi connectivity index (χ0) is 18.9. The lowest BCUT2D eigenvalue weighted by Crippen LogP contribution is -2.36. The van der Waals surface area contributed by atoms with Gasteiger partial charge in [0.05, 0.1) is 20.3 Å². The van der Waals surface area contributed by atoms with Crippen molar-refractivity contribution in [2.75, 3.05) is 45.3 Å². The monoisotopic (exact) mass is 369 g/mol. The summed E-state index contributed by atoms with van der Waals surface area (Å²) >= 11 is 0. The summed E-state index contributed by atoms with van der Waals surface area (Å²) in [6.07, 6.45) is 0.771. The number of carbonyl (C=O) groups excluding carboxylic acids is 1. The molecule has 3 rings (SSSR count).